The molecule has 2 atom stereocenters. The molecule has 0 spiro atoms. The maximum Gasteiger partial charge on any atom is 0.329 e. The van der Waals surface area contributed by atoms with E-state index in [1.54, 1.807) is 66.6 Å². The number of methoxy groups -OCH3 is 1. The summed E-state index contributed by atoms with van der Waals surface area (Å²) >= 11 is 6.27. The molecule has 9 heteroatoms. The number of anilines is 1. The van der Waals surface area contributed by atoms with Crippen LogP contribution in [0.15, 0.2) is 76.3 Å². The number of aromatic nitrogens is 2. The zero-order valence-corrected chi connectivity index (χ0v) is 18.8. The van der Waals surface area contributed by atoms with E-state index in [2.05, 4.69) is 4.98 Å². The van der Waals surface area contributed by atoms with Crippen LogP contribution in [-0.4, -0.2) is 33.8 Å². The fraction of sp³-hybridized carbons (Fsp3) is 0.160. The first-order valence-corrected chi connectivity index (χ1v) is 10.9. The van der Waals surface area contributed by atoms with E-state index in [1.807, 2.05) is 12.1 Å². The van der Waals surface area contributed by atoms with Crippen molar-refractivity contribution in [1.29, 1.82) is 0 Å². The number of para-hydroxylation sites is 1. The average molecular weight is 478 g/mol. The number of halogens is 1. The molecule has 0 saturated carbocycles. The molecule has 2 N–H and O–H groups in total. The van der Waals surface area contributed by atoms with Crippen LogP contribution in [0.4, 0.5) is 5.69 Å². The summed E-state index contributed by atoms with van der Waals surface area (Å²) < 4.78 is 6.20. The zero-order chi connectivity index (χ0) is 24.0. The van der Waals surface area contributed by atoms with Gasteiger partial charge in [-0.3, -0.25) is 4.79 Å². The molecule has 2 unspecified atom stereocenters. The van der Waals surface area contributed by atoms with E-state index in [-0.39, 0.29) is 6.54 Å². The summed E-state index contributed by atoms with van der Waals surface area (Å²) in [4.78, 5) is 43.5. The van der Waals surface area contributed by atoms with E-state index >= 15 is 0 Å². The van der Waals surface area contributed by atoms with Gasteiger partial charge in [0.15, 0.2) is 6.04 Å². The van der Waals surface area contributed by atoms with E-state index in [0.717, 1.165) is 10.1 Å². The predicted octanol–water partition coefficient (Wildman–Crippen LogP) is 3.41. The first-order valence-electron chi connectivity index (χ1n) is 10.5. The lowest BCUT2D eigenvalue weighted by atomic mass is 10.0. The van der Waals surface area contributed by atoms with E-state index in [4.69, 9.17) is 16.3 Å². The maximum absolute atomic E-state index is 13.4. The topological polar surface area (TPSA) is 105 Å². The van der Waals surface area contributed by atoms with Crippen molar-refractivity contribution < 1.29 is 14.6 Å². The number of hydrogen-bond donors (Lipinski definition) is 2. The van der Waals surface area contributed by atoms with Crippen LogP contribution >= 0.6 is 11.6 Å². The largest absolute Gasteiger partial charge is 0.497 e. The van der Waals surface area contributed by atoms with Gasteiger partial charge in [-0.15, -0.1) is 0 Å². The van der Waals surface area contributed by atoms with Gasteiger partial charge in [0.05, 0.1) is 24.1 Å². The number of benzene rings is 3. The van der Waals surface area contributed by atoms with Crippen molar-refractivity contribution in [2.45, 2.75) is 18.6 Å². The van der Waals surface area contributed by atoms with Crippen LogP contribution in [0.25, 0.3) is 10.9 Å². The third-order valence-corrected chi connectivity index (χ3v) is 6.37. The molecule has 3 aromatic carbocycles. The highest BCUT2D eigenvalue weighted by atomic mass is 35.5. The van der Waals surface area contributed by atoms with Crippen LogP contribution < -0.4 is 20.9 Å². The summed E-state index contributed by atoms with van der Waals surface area (Å²) in [7, 11) is 1.57. The molecule has 0 amide bonds. The highest BCUT2D eigenvalue weighted by Gasteiger charge is 2.45. The Balaban J connectivity index is 1.71. The first-order chi connectivity index (χ1) is 16.4. The Bertz CT molecular complexity index is 1530. The predicted molar refractivity (Wildman–Crippen MR) is 129 cm³/mol. The number of carbonyl (C=O) groups is 1. The molecule has 172 valence electrons. The number of nitrogens with zero attached hydrogens (tertiary/aromatic N) is 2. The molecular weight excluding hydrogens is 458 g/mol. The van der Waals surface area contributed by atoms with Crippen molar-refractivity contribution in [3.8, 4) is 5.75 Å². The number of H-pyrrole nitrogens is 1. The molecule has 1 aromatic heterocycles. The second kappa shape index (κ2) is 8.39. The summed E-state index contributed by atoms with van der Waals surface area (Å²) in [6, 6.07) is 16.6. The summed E-state index contributed by atoms with van der Waals surface area (Å²) in [5, 5.41) is 11.0. The second-order valence-electron chi connectivity index (χ2n) is 8.06. The van der Waals surface area contributed by atoms with Crippen molar-refractivity contribution >= 4 is 34.2 Å². The third kappa shape index (κ3) is 3.52. The molecule has 4 aromatic rings. The Morgan fingerprint density at radius 3 is 2.53 bits per heavy atom. The van der Waals surface area contributed by atoms with Gasteiger partial charge < -0.3 is 19.7 Å². The lowest BCUT2D eigenvalue weighted by Gasteiger charge is -2.27. The average Bonchev–Trinajstić information content (AvgIpc) is 3.12. The van der Waals surface area contributed by atoms with Gasteiger partial charge in [-0.05, 0) is 48.0 Å². The molecule has 34 heavy (non-hydrogen) atoms. The summed E-state index contributed by atoms with van der Waals surface area (Å²) in [6.45, 7) is 0.242. The van der Waals surface area contributed by atoms with Crippen LogP contribution in [0, 0.1) is 0 Å². The smallest absolute Gasteiger partial charge is 0.329 e. The molecule has 0 bridgehead atoms. The number of ether oxygens (including phenoxy) is 1. The highest BCUT2D eigenvalue weighted by molar-refractivity contribution is 6.30. The number of carboxylic acid groups (broad SMARTS) is 1. The zero-order valence-electron chi connectivity index (χ0n) is 18.1. The molecular formula is C25H20ClN3O5. The molecule has 0 aliphatic carbocycles. The van der Waals surface area contributed by atoms with Gasteiger partial charge in [-0.25, -0.2) is 14.2 Å². The Labute approximate surface area is 198 Å². The van der Waals surface area contributed by atoms with Crippen molar-refractivity contribution in [3.05, 3.63) is 104 Å². The number of fused-ring (bicyclic) bond motifs is 2. The first kappa shape index (κ1) is 21.8. The molecule has 0 saturated heterocycles. The van der Waals surface area contributed by atoms with Gasteiger partial charge in [0.25, 0.3) is 5.56 Å². The van der Waals surface area contributed by atoms with E-state index < -0.39 is 29.3 Å². The third-order valence-electron chi connectivity index (χ3n) is 6.13. The lowest BCUT2D eigenvalue weighted by molar-refractivity contribution is -0.139. The maximum atomic E-state index is 13.4. The Morgan fingerprint density at radius 1 is 1.09 bits per heavy atom. The quantitative estimate of drug-likeness (QED) is 0.456. The van der Waals surface area contributed by atoms with Crippen molar-refractivity contribution in [2.24, 2.45) is 0 Å². The minimum Gasteiger partial charge on any atom is -0.497 e. The van der Waals surface area contributed by atoms with E-state index in [1.165, 1.54) is 0 Å². The minimum absolute atomic E-state index is 0.242. The number of carboxylic acids is 1. The molecule has 8 nitrogen and oxygen atoms in total. The fourth-order valence-corrected chi connectivity index (χ4v) is 4.78. The van der Waals surface area contributed by atoms with Crippen LogP contribution in [0.2, 0.25) is 5.02 Å². The minimum atomic E-state index is -1.21. The summed E-state index contributed by atoms with van der Waals surface area (Å²) in [5.41, 5.74) is 1.08. The van der Waals surface area contributed by atoms with Gasteiger partial charge in [0, 0.05) is 22.8 Å². The van der Waals surface area contributed by atoms with Crippen LogP contribution in [0.1, 0.15) is 17.2 Å². The molecule has 0 radical (unpaired) electrons. The number of nitrogens with one attached hydrogen (secondary N) is 1. The molecule has 1 aliphatic heterocycles. The standard InChI is InChI=1S/C25H20ClN3O5/c1-34-16-9-6-14(7-10-16)13-28-20-11-8-15(26)12-18(20)21(22(28)24(31)32)29-23(30)17-4-2-3-5-19(17)27-25(29)33/h2-12,21-22H,13H2,1H3,(H,27,33)(H,31,32). The van der Waals surface area contributed by atoms with Gasteiger partial charge in [-0.2, -0.15) is 0 Å². The molecule has 5 rings (SSSR count). The normalized spacial score (nSPS) is 17.1. The lowest BCUT2D eigenvalue weighted by Crippen LogP contribution is -2.48. The van der Waals surface area contributed by atoms with Crippen molar-refractivity contribution in [2.75, 3.05) is 12.0 Å². The van der Waals surface area contributed by atoms with Crippen molar-refractivity contribution in [3.63, 3.8) is 0 Å². The highest BCUT2D eigenvalue weighted by Crippen LogP contribution is 2.43. The van der Waals surface area contributed by atoms with E-state index in [9.17, 15) is 19.5 Å². The Hall–Kier alpha value is -4.04. The van der Waals surface area contributed by atoms with Crippen LogP contribution in [0.5, 0.6) is 5.75 Å². The monoisotopic (exact) mass is 477 g/mol. The van der Waals surface area contributed by atoms with Gasteiger partial charge in [0.2, 0.25) is 0 Å². The van der Waals surface area contributed by atoms with Crippen LogP contribution in [-0.2, 0) is 11.3 Å². The van der Waals surface area contributed by atoms with Gasteiger partial charge >= 0.3 is 11.7 Å². The SMILES string of the molecule is COc1ccc(CN2c3ccc(Cl)cc3C(n3c(=O)[nH]c4ccccc4c3=O)C2C(=O)O)cc1. The van der Waals surface area contributed by atoms with Gasteiger partial charge in [0.1, 0.15) is 5.75 Å². The summed E-state index contributed by atoms with van der Waals surface area (Å²) in [5.74, 6) is -0.482. The summed E-state index contributed by atoms with van der Waals surface area (Å²) in [6.07, 6.45) is 0. The fourth-order valence-electron chi connectivity index (χ4n) is 4.60. The molecule has 1 aliphatic rings. The number of aromatic amines is 1. The Morgan fingerprint density at radius 2 is 1.82 bits per heavy atom. The molecule has 2 heterocycles. The number of aliphatic carboxylic acids is 1. The van der Waals surface area contributed by atoms with Crippen molar-refractivity contribution in [1.82, 2.24) is 9.55 Å². The number of rotatable bonds is 5. The van der Waals surface area contributed by atoms with Gasteiger partial charge in [-0.1, -0.05) is 35.9 Å². The number of hydrogen-bond acceptors (Lipinski definition) is 5. The van der Waals surface area contributed by atoms with Crippen LogP contribution in [0.3, 0.4) is 0 Å². The molecule has 0 fully saturated rings. The second-order valence-corrected chi connectivity index (χ2v) is 8.49. The Kier molecular flexibility index (Phi) is 5.37. The van der Waals surface area contributed by atoms with E-state index in [0.29, 0.717) is 32.9 Å².